The maximum absolute atomic E-state index is 12.1. The van der Waals surface area contributed by atoms with Crippen molar-refractivity contribution in [3.05, 3.63) is 34.9 Å². The van der Waals surface area contributed by atoms with E-state index in [1.807, 2.05) is 0 Å². The Kier molecular flexibility index (Phi) is 9.08. The molecule has 2 aliphatic heterocycles. The molecule has 228 valence electrons. The first-order valence-electron chi connectivity index (χ1n) is 14.5. The average molecular weight is 615 g/mol. The summed E-state index contributed by atoms with van der Waals surface area (Å²) in [6, 6.07) is 1.74. The second kappa shape index (κ2) is 12.4. The van der Waals surface area contributed by atoms with Crippen LogP contribution in [0.5, 0.6) is 5.88 Å². The number of hydrogen-bond donors (Lipinski definition) is 1. The van der Waals surface area contributed by atoms with Crippen LogP contribution in [-0.4, -0.2) is 81.0 Å². The molecule has 0 spiro atoms. The van der Waals surface area contributed by atoms with Crippen molar-refractivity contribution < 1.29 is 17.9 Å². The number of anilines is 2. The molecule has 3 aromatic heterocycles. The zero-order valence-electron chi connectivity index (χ0n) is 25.4. The monoisotopic (exact) mass is 614 g/mol. The van der Waals surface area contributed by atoms with Crippen molar-refractivity contribution in [2.45, 2.75) is 47.1 Å². The van der Waals surface area contributed by atoms with Crippen molar-refractivity contribution in [1.82, 2.24) is 19.9 Å². The molecule has 2 aliphatic rings. The molecule has 0 unspecified atom stereocenters. The number of nitrogens with one attached hydrogen (secondary N) is 1. The predicted molar refractivity (Wildman–Crippen MR) is 170 cm³/mol. The zero-order valence-corrected chi connectivity index (χ0v) is 27.1. The van der Waals surface area contributed by atoms with E-state index >= 15 is 0 Å². The molecule has 10 nitrogen and oxygen atoms in total. The van der Waals surface area contributed by atoms with Crippen LogP contribution in [0.15, 0.2) is 24.4 Å². The number of thiophene rings is 1. The third-order valence-corrected chi connectivity index (χ3v) is 10.1. The number of ether oxygens (including phenoxy) is 2. The van der Waals surface area contributed by atoms with Crippen LogP contribution in [0.25, 0.3) is 21.5 Å². The van der Waals surface area contributed by atoms with Gasteiger partial charge in [0.05, 0.1) is 42.5 Å². The van der Waals surface area contributed by atoms with E-state index in [9.17, 15) is 8.42 Å². The number of allylic oxidation sites excluding steroid dienone is 2. The molecule has 0 radical (unpaired) electrons. The summed E-state index contributed by atoms with van der Waals surface area (Å²) in [6.45, 7) is 14.6. The Bertz CT molecular complexity index is 1560. The third kappa shape index (κ3) is 6.72. The average Bonchev–Trinajstić information content (AvgIpc) is 3.27. The number of aromatic nitrogens is 3. The Morgan fingerprint density at radius 3 is 2.55 bits per heavy atom. The highest BCUT2D eigenvalue weighted by Crippen LogP contribution is 2.41. The van der Waals surface area contributed by atoms with Gasteiger partial charge < -0.3 is 14.4 Å². The fourth-order valence-corrected chi connectivity index (χ4v) is 7.71. The van der Waals surface area contributed by atoms with Gasteiger partial charge in [0.25, 0.3) is 0 Å². The lowest BCUT2D eigenvalue weighted by molar-refractivity contribution is 0.122. The standard InChI is InChI=1S/C30H42N6O4S2/c1-7-10-30(3,4)22-8-11-35(12-9-22)19-23-20(2)41-27-25(32-29(33-26(23)27)36-13-15-40-16-14-36)21-17-24(34-42(6,37)38)28(39-5)31-18-21/h7,10,17-18,22,34H,8-9,11-16,19H2,1-6H3/b10-7+. The molecular weight excluding hydrogens is 573 g/mol. The third-order valence-electron chi connectivity index (χ3n) is 8.34. The molecule has 0 atom stereocenters. The number of aryl methyl sites for hydroxylation is 1. The lowest BCUT2D eigenvalue weighted by Gasteiger charge is -2.39. The van der Waals surface area contributed by atoms with E-state index in [0.29, 0.717) is 43.7 Å². The Morgan fingerprint density at radius 1 is 1.19 bits per heavy atom. The largest absolute Gasteiger partial charge is 0.480 e. The van der Waals surface area contributed by atoms with Crippen LogP contribution in [-0.2, 0) is 21.3 Å². The number of rotatable bonds is 9. The summed E-state index contributed by atoms with van der Waals surface area (Å²) in [4.78, 5) is 20.5. The molecule has 0 saturated carbocycles. The Labute approximate surface area is 253 Å². The summed E-state index contributed by atoms with van der Waals surface area (Å²) in [5.41, 5.74) is 4.10. The molecule has 12 heteroatoms. The maximum atomic E-state index is 12.1. The van der Waals surface area contributed by atoms with Gasteiger partial charge in [-0.3, -0.25) is 9.62 Å². The minimum atomic E-state index is -3.54. The van der Waals surface area contributed by atoms with Crippen molar-refractivity contribution in [3.63, 3.8) is 0 Å². The van der Waals surface area contributed by atoms with Gasteiger partial charge in [-0.05, 0) is 57.2 Å². The van der Waals surface area contributed by atoms with Gasteiger partial charge in [-0.1, -0.05) is 26.0 Å². The predicted octanol–water partition coefficient (Wildman–Crippen LogP) is 5.09. The second-order valence-corrected chi connectivity index (χ2v) is 14.8. The summed E-state index contributed by atoms with van der Waals surface area (Å²) < 4.78 is 38.6. The van der Waals surface area contributed by atoms with Crippen LogP contribution in [0, 0.1) is 18.3 Å². The number of morpholine rings is 1. The van der Waals surface area contributed by atoms with Crippen LogP contribution in [0.3, 0.4) is 0 Å². The van der Waals surface area contributed by atoms with Crippen molar-refractivity contribution in [2.75, 3.05) is 62.4 Å². The molecule has 2 saturated heterocycles. The second-order valence-electron chi connectivity index (χ2n) is 11.8. The Balaban J connectivity index is 1.54. The van der Waals surface area contributed by atoms with Crippen LogP contribution in [0.4, 0.5) is 11.6 Å². The first-order chi connectivity index (χ1) is 20.0. The highest BCUT2D eigenvalue weighted by Gasteiger charge is 2.31. The quantitative estimate of drug-likeness (QED) is 0.330. The van der Waals surface area contributed by atoms with Crippen molar-refractivity contribution in [1.29, 1.82) is 0 Å². The summed E-state index contributed by atoms with van der Waals surface area (Å²) in [5, 5.41) is 0. The van der Waals surface area contributed by atoms with Gasteiger partial charge >= 0.3 is 0 Å². The van der Waals surface area contributed by atoms with E-state index in [1.165, 1.54) is 30.4 Å². The normalized spacial score (nSPS) is 17.8. The van der Waals surface area contributed by atoms with Gasteiger partial charge in [0.1, 0.15) is 5.69 Å². The van der Waals surface area contributed by atoms with Crippen LogP contribution >= 0.6 is 11.3 Å². The highest BCUT2D eigenvalue weighted by molar-refractivity contribution is 7.92. The van der Waals surface area contributed by atoms with Crippen LogP contribution in [0.2, 0.25) is 0 Å². The van der Waals surface area contributed by atoms with E-state index in [1.54, 1.807) is 23.6 Å². The summed E-state index contributed by atoms with van der Waals surface area (Å²) >= 11 is 1.68. The summed E-state index contributed by atoms with van der Waals surface area (Å²) in [7, 11) is -2.08. The molecular formula is C30H42N6O4S2. The molecule has 1 N–H and O–H groups in total. The lowest BCUT2D eigenvalue weighted by atomic mass is 9.73. The van der Waals surface area contributed by atoms with E-state index in [4.69, 9.17) is 19.4 Å². The zero-order chi connectivity index (χ0) is 30.1. The van der Waals surface area contributed by atoms with Gasteiger partial charge in [0, 0.05) is 41.8 Å². The molecule has 2 fully saturated rings. The number of pyridine rings is 1. The van der Waals surface area contributed by atoms with Gasteiger partial charge in [-0.25, -0.2) is 23.4 Å². The van der Waals surface area contributed by atoms with Crippen LogP contribution in [0.1, 0.15) is 44.1 Å². The summed E-state index contributed by atoms with van der Waals surface area (Å²) in [6.07, 6.45) is 9.66. The number of fused-ring (bicyclic) bond motifs is 1. The maximum Gasteiger partial charge on any atom is 0.238 e. The lowest BCUT2D eigenvalue weighted by Crippen LogP contribution is -2.38. The van der Waals surface area contributed by atoms with E-state index < -0.39 is 10.0 Å². The van der Waals surface area contributed by atoms with E-state index in [2.05, 4.69) is 59.4 Å². The molecule has 0 aliphatic carbocycles. The number of sulfonamides is 1. The number of piperidine rings is 1. The van der Waals surface area contributed by atoms with Gasteiger partial charge in [0.15, 0.2) is 0 Å². The van der Waals surface area contributed by atoms with Crippen molar-refractivity contribution in [3.8, 4) is 17.1 Å². The summed E-state index contributed by atoms with van der Waals surface area (Å²) in [5.74, 6) is 1.52. The molecule has 42 heavy (non-hydrogen) atoms. The molecule has 5 rings (SSSR count). The van der Waals surface area contributed by atoms with Gasteiger partial charge in [0.2, 0.25) is 21.9 Å². The van der Waals surface area contributed by atoms with E-state index in [-0.39, 0.29) is 17.0 Å². The minimum absolute atomic E-state index is 0.201. The highest BCUT2D eigenvalue weighted by atomic mass is 32.2. The Hall–Kier alpha value is -2.80. The fourth-order valence-electron chi connectivity index (χ4n) is 6.05. The first-order valence-corrected chi connectivity index (χ1v) is 17.2. The van der Waals surface area contributed by atoms with Gasteiger partial charge in [-0.2, -0.15) is 0 Å². The number of nitrogens with zero attached hydrogens (tertiary/aromatic N) is 5. The van der Waals surface area contributed by atoms with Crippen LogP contribution < -0.4 is 14.4 Å². The number of likely N-dealkylation sites (tertiary alicyclic amines) is 1. The smallest absolute Gasteiger partial charge is 0.238 e. The molecule has 5 heterocycles. The topological polar surface area (TPSA) is 110 Å². The van der Waals surface area contributed by atoms with Gasteiger partial charge in [-0.15, -0.1) is 11.3 Å². The Morgan fingerprint density at radius 2 is 1.90 bits per heavy atom. The van der Waals surface area contributed by atoms with E-state index in [0.717, 1.165) is 41.8 Å². The van der Waals surface area contributed by atoms with Crippen molar-refractivity contribution >= 4 is 43.2 Å². The minimum Gasteiger partial charge on any atom is -0.480 e. The molecule has 0 amide bonds. The number of hydrogen-bond acceptors (Lipinski definition) is 10. The molecule has 0 aromatic carbocycles. The number of methoxy groups -OCH3 is 1. The molecule has 3 aromatic rings. The van der Waals surface area contributed by atoms with Crippen molar-refractivity contribution in [2.24, 2.45) is 11.3 Å². The fraction of sp³-hybridized carbons (Fsp3) is 0.567. The SMILES string of the molecule is C/C=C/C(C)(C)C1CCN(Cc2c(C)sc3c(-c4cnc(OC)c(NS(C)(=O)=O)c4)nc(N4CCOCC4)nc23)CC1. The first kappa shape index (κ1) is 30.7. The molecule has 0 bridgehead atoms.